The summed E-state index contributed by atoms with van der Waals surface area (Å²) in [5, 5.41) is 17.1. The van der Waals surface area contributed by atoms with Crippen LogP contribution in [0, 0.1) is 29.6 Å². The van der Waals surface area contributed by atoms with Crippen LogP contribution in [0.2, 0.25) is 0 Å². The van der Waals surface area contributed by atoms with Crippen molar-refractivity contribution in [2.24, 2.45) is 0 Å². The number of allylic oxidation sites excluding steroid dienone is 2. The third kappa shape index (κ3) is 2.18. The van der Waals surface area contributed by atoms with Crippen molar-refractivity contribution < 1.29 is 0 Å². The number of rotatable bonds is 1. The first-order valence-corrected chi connectivity index (χ1v) is 3.85. The highest BCUT2D eigenvalue weighted by Crippen LogP contribution is 2.13. The normalized spacial score (nSPS) is 10.2. The molecule has 0 amide bonds. The summed E-state index contributed by atoms with van der Waals surface area (Å²) in [6.07, 6.45) is 1.25. The van der Waals surface area contributed by atoms with Crippen LogP contribution in [0.3, 0.4) is 0 Å². The molecular weight excluding hydrogens is 160 g/mol. The summed E-state index contributed by atoms with van der Waals surface area (Å²) >= 11 is 0. The lowest BCUT2D eigenvalue weighted by Gasteiger charge is -1.97. The quantitative estimate of drug-likeness (QED) is 0.604. The first kappa shape index (κ1) is 9.03. The molecule has 0 aromatic heterocycles. The molecule has 0 fully saturated rings. The summed E-state index contributed by atoms with van der Waals surface area (Å²) in [4.78, 5) is 0. The van der Waals surface area contributed by atoms with E-state index in [4.69, 9.17) is 10.5 Å². The van der Waals surface area contributed by atoms with Crippen LogP contribution in [0.5, 0.6) is 0 Å². The molecule has 0 aliphatic rings. The van der Waals surface area contributed by atoms with Crippen molar-refractivity contribution in [1.29, 1.82) is 10.5 Å². The minimum absolute atomic E-state index is 0.405. The Hall–Kier alpha value is -2.06. The molecule has 0 saturated carbocycles. The Kier molecular flexibility index (Phi) is 2.84. The number of aryl methyl sites for hydroxylation is 1. The summed E-state index contributed by atoms with van der Waals surface area (Å²) in [6.45, 7) is 1.98. The second-order valence-electron chi connectivity index (χ2n) is 2.66. The van der Waals surface area contributed by atoms with Gasteiger partial charge in [0, 0.05) is 6.08 Å². The van der Waals surface area contributed by atoms with E-state index in [1.807, 2.05) is 43.3 Å². The Labute approximate surface area is 77.4 Å². The van der Waals surface area contributed by atoms with Gasteiger partial charge >= 0.3 is 0 Å². The fourth-order valence-electron chi connectivity index (χ4n) is 0.978. The summed E-state index contributed by atoms with van der Waals surface area (Å²) in [7, 11) is 0. The maximum absolute atomic E-state index is 8.71. The van der Waals surface area contributed by atoms with Crippen LogP contribution in [0.4, 0.5) is 0 Å². The summed E-state index contributed by atoms with van der Waals surface area (Å²) < 4.78 is 0. The average molecular weight is 168 g/mol. The highest BCUT2D eigenvalue weighted by molar-refractivity contribution is 5.78. The Balaban J connectivity index is 3.10. The Morgan fingerprint density at radius 3 is 2.31 bits per heavy atom. The first-order chi connectivity index (χ1) is 6.27. The molecule has 0 radical (unpaired) electrons. The van der Waals surface area contributed by atoms with E-state index in [0.717, 1.165) is 11.1 Å². The fraction of sp³-hybridized carbons (Fsp3) is 0.0909. The summed E-state index contributed by atoms with van der Waals surface area (Å²) in [5.74, 6) is 0. The summed E-state index contributed by atoms with van der Waals surface area (Å²) in [5.41, 5.74) is 2.33. The van der Waals surface area contributed by atoms with Gasteiger partial charge < -0.3 is 0 Å². The molecule has 0 saturated heterocycles. The first-order valence-electron chi connectivity index (χ1n) is 3.85. The largest absolute Gasteiger partial charge is 0.193 e. The molecule has 0 aliphatic carbocycles. The van der Waals surface area contributed by atoms with E-state index >= 15 is 0 Å². The van der Waals surface area contributed by atoms with Crippen LogP contribution in [-0.2, 0) is 0 Å². The van der Waals surface area contributed by atoms with E-state index in [2.05, 4.69) is 0 Å². The zero-order valence-corrected chi connectivity index (χ0v) is 7.28. The van der Waals surface area contributed by atoms with Crippen molar-refractivity contribution in [3.63, 3.8) is 0 Å². The van der Waals surface area contributed by atoms with Gasteiger partial charge in [0.15, 0.2) is 0 Å². The van der Waals surface area contributed by atoms with Crippen molar-refractivity contribution in [3.8, 4) is 12.1 Å². The van der Waals surface area contributed by atoms with Gasteiger partial charge in [-0.25, -0.2) is 0 Å². The van der Waals surface area contributed by atoms with Crippen LogP contribution >= 0.6 is 0 Å². The molecule has 0 heterocycles. The van der Waals surface area contributed by atoms with Crippen LogP contribution in [0.15, 0.2) is 30.3 Å². The second kappa shape index (κ2) is 4.09. The molecule has 62 valence electrons. The van der Waals surface area contributed by atoms with Gasteiger partial charge in [-0.3, -0.25) is 0 Å². The minimum Gasteiger partial charge on any atom is -0.193 e. The zero-order valence-electron chi connectivity index (χ0n) is 7.28. The van der Waals surface area contributed by atoms with Gasteiger partial charge in [0.1, 0.15) is 6.07 Å². The molecule has 1 aromatic carbocycles. The number of hydrogen-bond acceptors (Lipinski definition) is 2. The predicted molar refractivity (Wildman–Crippen MR) is 50.4 cm³/mol. The van der Waals surface area contributed by atoms with Crippen LogP contribution in [-0.4, -0.2) is 0 Å². The highest BCUT2D eigenvalue weighted by Gasteiger charge is 1.98. The minimum atomic E-state index is 0.405. The van der Waals surface area contributed by atoms with E-state index in [9.17, 15) is 0 Å². The number of hydrogen-bond donors (Lipinski definition) is 0. The van der Waals surface area contributed by atoms with Crippen molar-refractivity contribution in [2.45, 2.75) is 6.92 Å². The van der Waals surface area contributed by atoms with Gasteiger partial charge in [-0.15, -0.1) is 0 Å². The van der Waals surface area contributed by atoms with Gasteiger partial charge in [0.05, 0.1) is 11.6 Å². The number of nitrogens with zero attached hydrogens (tertiary/aromatic N) is 2. The molecule has 1 rings (SSSR count). The lowest BCUT2D eigenvalue weighted by atomic mass is 10.1. The average Bonchev–Trinajstić information content (AvgIpc) is 2.16. The molecule has 0 spiro atoms. The molecule has 2 heteroatoms. The van der Waals surface area contributed by atoms with E-state index in [1.165, 1.54) is 6.08 Å². The molecule has 0 unspecified atom stereocenters. The molecule has 0 atom stereocenters. The lowest BCUT2D eigenvalue weighted by molar-refractivity contribution is 1.45. The standard InChI is InChI=1S/C11H8N2/c1-9-2-4-10(5-3-9)11(8-13)6-7-12/h2-6H,1H3/b11-6+. The number of benzene rings is 1. The van der Waals surface area contributed by atoms with Crippen LogP contribution in [0.1, 0.15) is 11.1 Å². The molecule has 2 nitrogen and oxygen atoms in total. The van der Waals surface area contributed by atoms with Gasteiger partial charge in [0.25, 0.3) is 0 Å². The fourth-order valence-corrected chi connectivity index (χ4v) is 0.978. The van der Waals surface area contributed by atoms with Crippen molar-refractivity contribution in [1.82, 2.24) is 0 Å². The summed E-state index contributed by atoms with van der Waals surface area (Å²) in [6, 6.07) is 11.3. The van der Waals surface area contributed by atoms with Crippen LogP contribution < -0.4 is 0 Å². The molecule has 13 heavy (non-hydrogen) atoms. The van der Waals surface area contributed by atoms with Crippen molar-refractivity contribution in [3.05, 3.63) is 41.5 Å². The lowest BCUT2D eigenvalue weighted by Crippen LogP contribution is -1.80. The predicted octanol–water partition coefficient (Wildman–Crippen LogP) is 2.43. The van der Waals surface area contributed by atoms with Gasteiger partial charge in [0.2, 0.25) is 0 Å². The SMILES string of the molecule is Cc1ccc(/C(C#N)=C/C#N)cc1. The van der Waals surface area contributed by atoms with E-state index in [1.54, 1.807) is 0 Å². The van der Waals surface area contributed by atoms with Crippen molar-refractivity contribution >= 4 is 5.57 Å². The molecule has 0 bridgehead atoms. The van der Waals surface area contributed by atoms with Gasteiger partial charge in [-0.05, 0) is 12.5 Å². The smallest absolute Gasteiger partial charge is 0.101 e. The Morgan fingerprint density at radius 2 is 1.85 bits per heavy atom. The highest BCUT2D eigenvalue weighted by atomic mass is 14.3. The third-order valence-corrected chi connectivity index (χ3v) is 1.69. The maximum Gasteiger partial charge on any atom is 0.101 e. The molecular formula is C11H8N2. The van der Waals surface area contributed by atoms with E-state index in [-0.39, 0.29) is 0 Å². The van der Waals surface area contributed by atoms with Gasteiger partial charge in [-0.1, -0.05) is 29.8 Å². The third-order valence-electron chi connectivity index (χ3n) is 1.69. The maximum atomic E-state index is 8.71. The zero-order chi connectivity index (χ0) is 9.68. The van der Waals surface area contributed by atoms with E-state index < -0.39 is 0 Å². The Bertz CT molecular complexity index is 399. The monoisotopic (exact) mass is 168 g/mol. The molecule has 0 N–H and O–H groups in total. The molecule has 1 aromatic rings. The second-order valence-corrected chi connectivity index (χ2v) is 2.66. The van der Waals surface area contributed by atoms with E-state index in [0.29, 0.717) is 5.57 Å². The van der Waals surface area contributed by atoms with Crippen molar-refractivity contribution in [2.75, 3.05) is 0 Å². The number of nitriles is 2. The Morgan fingerprint density at radius 1 is 1.23 bits per heavy atom. The van der Waals surface area contributed by atoms with Gasteiger partial charge in [-0.2, -0.15) is 10.5 Å². The topological polar surface area (TPSA) is 47.6 Å². The molecule has 0 aliphatic heterocycles. The van der Waals surface area contributed by atoms with Crippen LogP contribution in [0.25, 0.3) is 5.57 Å².